The molecule has 0 aromatic rings. The van der Waals surface area contributed by atoms with Crippen LogP contribution in [0.15, 0.2) is 0 Å². The van der Waals surface area contributed by atoms with E-state index in [4.69, 9.17) is 4.74 Å². The first-order valence-electron chi connectivity index (χ1n) is 7.23. The molecule has 1 saturated carbocycles. The van der Waals surface area contributed by atoms with E-state index in [2.05, 4.69) is 16.7 Å². The number of carbonyl (C=O) groups excluding carboxylic acids is 2. The van der Waals surface area contributed by atoms with Gasteiger partial charge in [-0.1, -0.05) is 0 Å². The molecule has 6 heteroatoms. The van der Waals surface area contributed by atoms with Crippen LogP contribution in [0.3, 0.4) is 0 Å². The first-order chi connectivity index (χ1) is 9.66. The van der Waals surface area contributed by atoms with E-state index in [0.29, 0.717) is 51.5 Å². The van der Waals surface area contributed by atoms with E-state index in [1.807, 2.05) is 0 Å². The normalized spacial score (nSPS) is 20.8. The Morgan fingerprint density at radius 1 is 1.30 bits per heavy atom. The predicted molar refractivity (Wildman–Crippen MR) is 71.5 cm³/mol. The van der Waals surface area contributed by atoms with Crippen LogP contribution in [0, 0.1) is 16.7 Å². The highest BCUT2D eigenvalue weighted by Gasteiger charge is 2.40. The standard InChI is InChI=1S/C14H21N3O3/c15-10-14(5-8-20-9-6-14)13(19)16-7-1-2-12(18)17-11-3-4-11/h11H,1-9H2,(H,16,19)(H,17,18). The molecule has 20 heavy (non-hydrogen) atoms. The molecule has 0 unspecified atom stereocenters. The lowest BCUT2D eigenvalue weighted by molar-refractivity contribution is -0.132. The summed E-state index contributed by atoms with van der Waals surface area (Å²) < 4.78 is 5.19. The maximum atomic E-state index is 12.1. The second-order valence-corrected chi connectivity index (χ2v) is 5.51. The zero-order valence-electron chi connectivity index (χ0n) is 11.6. The number of carbonyl (C=O) groups is 2. The second-order valence-electron chi connectivity index (χ2n) is 5.51. The number of nitrogens with one attached hydrogen (secondary N) is 2. The molecular formula is C14H21N3O3. The van der Waals surface area contributed by atoms with Crippen LogP contribution in [-0.2, 0) is 14.3 Å². The number of amides is 2. The zero-order valence-corrected chi connectivity index (χ0v) is 11.6. The summed E-state index contributed by atoms with van der Waals surface area (Å²) in [6.45, 7) is 1.33. The molecule has 0 bridgehead atoms. The van der Waals surface area contributed by atoms with Crippen LogP contribution in [0.2, 0.25) is 0 Å². The van der Waals surface area contributed by atoms with Crippen LogP contribution in [0.5, 0.6) is 0 Å². The minimum Gasteiger partial charge on any atom is -0.381 e. The number of nitriles is 1. The maximum absolute atomic E-state index is 12.1. The quantitative estimate of drug-likeness (QED) is 0.692. The second kappa shape index (κ2) is 6.71. The number of hydrogen-bond donors (Lipinski definition) is 2. The zero-order chi connectivity index (χ0) is 14.4. The smallest absolute Gasteiger partial charge is 0.240 e. The van der Waals surface area contributed by atoms with Crippen molar-refractivity contribution in [1.82, 2.24) is 10.6 Å². The van der Waals surface area contributed by atoms with Gasteiger partial charge >= 0.3 is 0 Å². The Bertz CT molecular complexity index is 406. The Labute approximate surface area is 118 Å². The molecule has 2 rings (SSSR count). The van der Waals surface area contributed by atoms with Crippen molar-refractivity contribution >= 4 is 11.8 Å². The molecule has 1 heterocycles. The van der Waals surface area contributed by atoms with Gasteiger partial charge in [0.1, 0.15) is 5.41 Å². The summed E-state index contributed by atoms with van der Waals surface area (Å²) in [6.07, 6.45) is 4.06. The molecule has 2 aliphatic rings. The van der Waals surface area contributed by atoms with Gasteiger partial charge in [0, 0.05) is 32.2 Å². The highest BCUT2D eigenvalue weighted by atomic mass is 16.5. The largest absolute Gasteiger partial charge is 0.381 e. The van der Waals surface area contributed by atoms with Gasteiger partial charge in [-0.05, 0) is 32.1 Å². The lowest BCUT2D eigenvalue weighted by atomic mass is 9.81. The molecule has 2 N–H and O–H groups in total. The maximum Gasteiger partial charge on any atom is 0.240 e. The molecule has 110 valence electrons. The Morgan fingerprint density at radius 3 is 2.60 bits per heavy atom. The first-order valence-corrected chi connectivity index (χ1v) is 7.23. The fraction of sp³-hybridized carbons (Fsp3) is 0.786. The Balaban J connectivity index is 1.66. The van der Waals surface area contributed by atoms with Crippen molar-refractivity contribution < 1.29 is 14.3 Å². The van der Waals surface area contributed by atoms with Crippen molar-refractivity contribution in [2.75, 3.05) is 19.8 Å². The third-order valence-corrected chi connectivity index (χ3v) is 3.80. The van der Waals surface area contributed by atoms with E-state index in [9.17, 15) is 14.9 Å². The Hall–Kier alpha value is -1.61. The SMILES string of the molecule is N#CC1(C(=O)NCCCC(=O)NC2CC2)CCOCC1. The predicted octanol–water partition coefficient (Wildman–Crippen LogP) is 0.482. The number of ether oxygens (including phenoxy) is 1. The van der Waals surface area contributed by atoms with Crippen molar-refractivity contribution in [3.05, 3.63) is 0 Å². The van der Waals surface area contributed by atoms with Crippen molar-refractivity contribution in [2.45, 2.75) is 44.6 Å². The molecule has 0 aromatic heterocycles. The monoisotopic (exact) mass is 279 g/mol. The summed E-state index contributed by atoms with van der Waals surface area (Å²) in [6, 6.07) is 2.51. The molecule has 1 aliphatic heterocycles. The van der Waals surface area contributed by atoms with E-state index in [0.717, 1.165) is 12.8 Å². The fourth-order valence-electron chi connectivity index (χ4n) is 2.26. The molecule has 0 atom stereocenters. The summed E-state index contributed by atoms with van der Waals surface area (Å²) in [5.74, 6) is -0.186. The van der Waals surface area contributed by atoms with Crippen LogP contribution in [0.4, 0.5) is 0 Å². The van der Waals surface area contributed by atoms with E-state index in [1.165, 1.54) is 0 Å². The van der Waals surface area contributed by atoms with E-state index in [1.54, 1.807) is 0 Å². The summed E-state index contributed by atoms with van der Waals surface area (Å²) in [7, 11) is 0. The van der Waals surface area contributed by atoms with Crippen LogP contribution in [-0.4, -0.2) is 37.6 Å². The molecule has 1 saturated heterocycles. The molecular weight excluding hydrogens is 258 g/mol. The average molecular weight is 279 g/mol. The van der Waals surface area contributed by atoms with Crippen LogP contribution < -0.4 is 10.6 Å². The molecule has 2 fully saturated rings. The van der Waals surface area contributed by atoms with E-state index < -0.39 is 5.41 Å². The molecule has 2 amide bonds. The van der Waals surface area contributed by atoms with Gasteiger partial charge in [-0.3, -0.25) is 9.59 Å². The van der Waals surface area contributed by atoms with Crippen LogP contribution in [0.1, 0.15) is 38.5 Å². The van der Waals surface area contributed by atoms with E-state index >= 15 is 0 Å². The van der Waals surface area contributed by atoms with Gasteiger partial charge in [0.25, 0.3) is 0 Å². The summed E-state index contributed by atoms with van der Waals surface area (Å²) in [5.41, 5.74) is -0.950. The van der Waals surface area contributed by atoms with Gasteiger partial charge in [0.2, 0.25) is 11.8 Å². The molecule has 0 aromatic carbocycles. The third kappa shape index (κ3) is 3.94. The summed E-state index contributed by atoms with van der Waals surface area (Å²) >= 11 is 0. The fourth-order valence-corrected chi connectivity index (χ4v) is 2.26. The van der Waals surface area contributed by atoms with Crippen molar-refractivity contribution in [1.29, 1.82) is 5.26 Å². The van der Waals surface area contributed by atoms with Crippen molar-refractivity contribution in [3.8, 4) is 6.07 Å². The minimum absolute atomic E-state index is 0.0443. The highest BCUT2D eigenvalue weighted by molar-refractivity contribution is 5.85. The highest BCUT2D eigenvalue weighted by Crippen LogP contribution is 2.29. The van der Waals surface area contributed by atoms with E-state index in [-0.39, 0.29) is 11.8 Å². The minimum atomic E-state index is -0.950. The molecule has 1 aliphatic carbocycles. The van der Waals surface area contributed by atoms with Crippen LogP contribution >= 0.6 is 0 Å². The first kappa shape index (κ1) is 14.8. The molecule has 0 radical (unpaired) electrons. The van der Waals surface area contributed by atoms with Crippen molar-refractivity contribution in [2.24, 2.45) is 5.41 Å². The lowest BCUT2D eigenvalue weighted by Gasteiger charge is -2.29. The van der Waals surface area contributed by atoms with Gasteiger partial charge in [-0.15, -0.1) is 0 Å². The summed E-state index contributed by atoms with van der Waals surface area (Å²) in [5, 5.41) is 14.9. The molecule has 0 spiro atoms. The number of nitrogens with zero attached hydrogens (tertiary/aromatic N) is 1. The topological polar surface area (TPSA) is 91.2 Å². The van der Waals surface area contributed by atoms with Gasteiger partial charge in [0.15, 0.2) is 0 Å². The average Bonchev–Trinajstić information content (AvgIpc) is 3.28. The Morgan fingerprint density at radius 2 is 2.00 bits per heavy atom. The van der Waals surface area contributed by atoms with Crippen LogP contribution in [0.25, 0.3) is 0 Å². The molecule has 6 nitrogen and oxygen atoms in total. The van der Waals surface area contributed by atoms with Gasteiger partial charge < -0.3 is 15.4 Å². The summed E-state index contributed by atoms with van der Waals surface area (Å²) in [4.78, 5) is 23.6. The third-order valence-electron chi connectivity index (χ3n) is 3.80. The van der Waals surface area contributed by atoms with Gasteiger partial charge in [-0.25, -0.2) is 0 Å². The van der Waals surface area contributed by atoms with Gasteiger partial charge in [-0.2, -0.15) is 5.26 Å². The van der Waals surface area contributed by atoms with Gasteiger partial charge in [0.05, 0.1) is 6.07 Å². The number of hydrogen-bond acceptors (Lipinski definition) is 4. The number of rotatable bonds is 6. The Kier molecular flexibility index (Phi) is 4.96. The lowest BCUT2D eigenvalue weighted by Crippen LogP contribution is -2.44. The van der Waals surface area contributed by atoms with Crippen molar-refractivity contribution in [3.63, 3.8) is 0 Å².